The monoisotopic (exact) mass is 410 g/mol. The summed E-state index contributed by atoms with van der Waals surface area (Å²) in [5, 5.41) is 0. The predicted octanol–water partition coefficient (Wildman–Crippen LogP) is 6.76. The Balaban J connectivity index is 2.15. The molecule has 0 amide bonds. The van der Waals surface area contributed by atoms with Gasteiger partial charge in [-0.15, -0.1) is 0 Å². The van der Waals surface area contributed by atoms with Crippen molar-refractivity contribution in [2.75, 3.05) is 53.5 Å². The lowest BCUT2D eigenvalue weighted by Crippen LogP contribution is -2.46. The van der Waals surface area contributed by atoms with Gasteiger partial charge in [0.1, 0.15) is 0 Å². The Morgan fingerprint density at radius 1 is 0.655 bits per heavy atom. The van der Waals surface area contributed by atoms with Gasteiger partial charge in [-0.3, -0.25) is 0 Å². The van der Waals surface area contributed by atoms with Gasteiger partial charge in [-0.2, -0.15) is 0 Å². The summed E-state index contributed by atoms with van der Waals surface area (Å²) in [5.74, 6) is 0.941. The van der Waals surface area contributed by atoms with Gasteiger partial charge < -0.3 is 14.5 Å². The number of likely N-dealkylation sites (N-methyl/N-ethyl adjacent to an activating group) is 1. The molecule has 1 aliphatic heterocycles. The van der Waals surface area contributed by atoms with Gasteiger partial charge in [0.15, 0.2) is 0 Å². The molecule has 3 heteroatoms. The second-order valence-electron chi connectivity index (χ2n) is 9.64. The normalized spacial score (nSPS) is 17.1. The average molecular weight is 411 g/mol. The third-order valence-corrected chi connectivity index (χ3v) is 6.79. The number of methoxy groups -OCH3 is 1. The minimum Gasteiger partial charge on any atom is -0.385 e. The lowest BCUT2D eigenvalue weighted by molar-refractivity contribution is 0.130. The number of unbranched alkanes of at least 4 members (excludes halogenated alkanes) is 12. The van der Waals surface area contributed by atoms with Gasteiger partial charge in [-0.05, 0) is 32.2 Å². The number of nitrogens with zero attached hydrogens (tertiary/aromatic N) is 2. The van der Waals surface area contributed by atoms with Crippen LogP contribution in [-0.2, 0) is 4.74 Å². The molecule has 1 saturated heterocycles. The molecule has 0 bridgehead atoms. The zero-order valence-electron chi connectivity index (χ0n) is 20.4. The largest absolute Gasteiger partial charge is 0.385 e. The maximum absolute atomic E-state index is 5.14. The molecule has 0 aliphatic carbocycles. The summed E-state index contributed by atoms with van der Waals surface area (Å²) in [4.78, 5) is 5.23. The first-order chi connectivity index (χ1) is 14.3. The van der Waals surface area contributed by atoms with Crippen molar-refractivity contribution < 1.29 is 4.74 Å². The quantitative estimate of drug-likeness (QED) is 0.206. The van der Waals surface area contributed by atoms with Crippen LogP contribution in [0.1, 0.15) is 110 Å². The zero-order chi connectivity index (χ0) is 21.0. The van der Waals surface area contributed by atoms with E-state index in [9.17, 15) is 0 Å². The fraction of sp³-hybridized carbons (Fsp3) is 1.00. The van der Waals surface area contributed by atoms with Crippen molar-refractivity contribution >= 4 is 0 Å². The Morgan fingerprint density at radius 3 is 1.66 bits per heavy atom. The minimum absolute atomic E-state index is 0.937. The third kappa shape index (κ3) is 16.3. The molecule has 0 saturated carbocycles. The summed E-state index contributed by atoms with van der Waals surface area (Å²) < 4.78 is 5.14. The number of rotatable bonds is 20. The van der Waals surface area contributed by atoms with Crippen molar-refractivity contribution in [2.24, 2.45) is 5.92 Å². The van der Waals surface area contributed by atoms with Crippen molar-refractivity contribution in [3.63, 3.8) is 0 Å². The highest BCUT2D eigenvalue weighted by Crippen LogP contribution is 2.21. The van der Waals surface area contributed by atoms with E-state index in [0.717, 1.165) is 12.5 Å². The Labute approximate surface area is 183 Å². The second-order valence-corrected chi connectivity index (χ2v) is 9.64. The van der Waals surface area contributed by atoms with Crippen molar-refractivity contribution in [1.29, 1.82) is 0 Å². The molecule has 1 rings (SSSR count). The Bertz CT molecular complexity index is 329. The second kappa shape index (κ2) is 19.8. The van der Waals surface area contributed by atoms with E-state index in [4.69, 9.17) is 4.74 Å². The third-order valence-electron chi connectivity index (χ3n) is 6.79. The highest BCUT2D eigenvalue weighted by atomic mass is 16.5. The van der Waals surface area contributed by atoms with Gasteiger partial charge in [0.25, 0.3) is 0 Å². The molecule has 0 radical (unpaired) electrons. The van der Waals surface area contributed by atoms with Crippen LogP contribution in [0.3, 0.4) is 0 Å². The lowest BCUT2D eigenvalue weighted by Gasteiger charge is -2.34. The summed E-state index contributed by atoms with van der Waals surface area (Å²) in [7, 11) is 4.08. The van der Waals surface area contributed by atoms with E-state index in [1.54, 1.807) is 0 Å². The topological polar surface area (TPSA) is 15.7 Å². The van der Waals surface area contributed by atoms with Crippen LogP contribution in [0.4, 0.5) is 0 Å². The summed E-state index contributed by atoms with van der Waals surface area (Å²) in [5.41, 5.74) is 0. The van der Waals surface area contributed by atoms with Crippen LogP contribution in [-0.4, -0.2) is 63.3 Å². The van der Waals surface area contributed by atoms with E-state index in [1.807, 2.05) is 7.11 Å². The van der Waals surface area contributed by atoms with Crippen LogP contribution in [0.5, 0.6) is 0 Å². The maximum Gasteiger partial charge on any atom is 0.0462 e. The molecule has 1 unspecified atom stereocenters. The van der Waals surface area contributed by atoms with Crippen molar-refractivity contribution in [3.05, 3.63) is 0 Å². The summed E-state index contributed by atoms with van der Waals surface area (Å²) in [6, 6.07) is 0. The van der Waals surface area contributed by atoms with E-state index >= 15 is 0 Å². The number of ether oxygens (including phenoxy) is 1. The highest BCUT2D eigenvalue weighted by Gasteiger charge is 2.18. The van der Waals surface area contributed by atoms with Crippen molar-refractivity contribution in [3.8, 4) is 0 Å². The maximum atomic E-state index is 5.14. The first kappa shape index (κ1) is 26.9. The zero-order valence-corrected chi connectivity index (χ0v) is 20.4. The molecule has 29 heavy (non-hydrogen) atoms. The Kier molecular flexibility index (Phi) is 18.4. The molecule has 1 aliphatic rings. The molecular formula is C26H54N2O. The lowest BCUT2D eigenvalue weighted by atomic mass is 9.93. The summed E-state index contributed by atoms with van der Waals surface area (Å²) in [6.45, 7) is 9.69. The molecule has 174 valence electrons. The molecule has 0 aromatic heterocycles. The molecule has 1 atom stereocenters. The molecule has 1 fully saturated rings. The smallest absolute Gasteiger partial charge is 0.0462 e. The van der Waals surface area contributed by atoms with Crippen LogP contribution in [0.2, 0.25) is 0 Å². The molecule has 0 aromatic carbocycles. The van der Waals surface area contributed by atoms with Crippen LogP contribution in [0.15, 0.2) is 0 Å². The van der Waals surface area contributed by atoms with E-state index in [0.29, 0.717) is 0 Å². The van der Waals surface area contributed by atoms with Gasteiger partial charge in [0.05, 0.1) is 0 Å². The standard InChI is InChI=1S/C26H54N2O/c1-4-5-6-7-9-12-15-18-26(25-28-22-20-27(2)21-23-28)19-16-13-10-8-11-14-17-24-29-3/h26H,4-25H2,1-3H3. The SMILES string of the molecule is CCCCCCCCCC(CCCCCCCCCOC)CN1CCN(C)CC1. The first-order valence-corrected chi connectivity index (χ1v) is 13.2. The Morgan fingerprint density at radius 2 is 1.14 bits per heavy atom. The Hall–Kier alpha value is -0.120. The number of piperazine rings is 1. The number of hydrogen-bond acceptors (Lipinski definition) is 3. The summed E-state index contributed by atoms with van der Waals surface area (Å²) in [6.07, 6.45) is 22.8. The molecule has 3 nitrogen and oxygen atoms in total. The van der Waals surface area contributed by atoms with Crippen molar-refractivity contribution in [2.45, 2.75) is 110 Å². The van der Waals surface area contributed by atoms with Gasteiger partial charge in [-0.1, -0.05) is 90.4 Å². The molecule has 1 heterocycles. The van der Waals surface area contributed by atoms with Gasteiger partial charge in [-0.25, -0.2) is 0 Å². The highest BCUT2D eigenvalue weighted by molar-refractivity contribution is 4.73. The van der Waals surface area contributed by atoms with Crippen molar-refractivity contribution in [1.82, 2.24) is 9.80 Å². The molecule has 0 spiro atoms. The predicted molar refractivity (Wildman–Crippen MR) is 129 cm³/mol. The van der Waals surface area contributed by atoms with Gasteiger partial charge >= 0.3 is 0 Å². The van der Waals surface area contributed by atoms with E-state index in [2.05, 4.69) is 23.8 Å². The van der Waals surface area contributed by atoms with Crippen LogP contribution in [0, 0.1) is 5.92 Å². The average Bonchev–Trinajstić information content (AvgIpc) is 2.73. The van der Waals surface area contributed by atoms with E-state index in [1.165, 1.54) is 135 Å². The van der Waals surface area contributed by atoms with Gasteiger partial charge in [0.2, 0.25) is 0 Å². The molecular weight excluding hydrogens is 356 g/mol. The fourth-order valence-corrected chi connectivity index (χ4v) is 4.68. The summed E-state index contributed by atoms with van der Waals surface area (Å²) >= 11 is 0. The minimum atomic E-state index is 0.937. The van der Waals surface area contributed by atoms with E-state index < -0.39 is 0 Å². The molecule has 0 aromatic rings. The van der Waals surface area contributed by atoms with Gasteiger partial charge in [0, 0.05) is 46.4 Å². The van der Waals surface area contributed by atoms with Crippen LogP contribution >= 0.6 is 0 Å². The first-order valence-electron chi connectivity index (χ1n) is 13.2. The van der Waals surface area contributed by atoms with E-state index in [-0.39, 0.29) is 0 Å². The number of hydrogen-bond donors (Lipinski definition) is 0. The van der Waals surface area contributed by atoms with Crippen LogP contribution < -0.4 is 0 Å². The molecule has 0 N–H and O–H groups in total. The fourth-order valence-electron chi connectivity index (χ4n) is 4.68. The van der Waals surface area contributed by atoms with Crippen LogP contribution in [0.25, 0.3) is 0 Å².